The van der Waals surface area contributed by atoms with E-state index in [9.17, 15) is 13.2 Å². The molecule has 0 N–H and O–H groups in total. The summed E-state index contributed by atoms with van der Waals surface area (Å²) in [6.45, 7) is 2.22. The van der Waals surface area contributed by atoms with Gasteiger partial charge in [-0.2, -0.15) is 4.39 Å². The largest absolute Gasteiger partial charge is 0.494 e. The zero-order valence-electron chi connectivity index (χ0n) is 16.7. The van der Waals surface area contributed by atoms with Crippen molar-refractivity contribution in [3.8, 4) is 16.9 Å². The Bertz CT molecular complexity index is 795. The minimum atomic E-state index is -1.09. The Balaban J connectivity index is 1.71. The maximum atomic E-state index is 14.7. The van der Waals surface area contributed by atoms with E-state index in [0.29, 0.717) is 5.92 Å². The third kappa shape index (κ3) is 4.53. The standard InChI is InChI=1S/C24H29F3O/c1-3-4-5-6-16-7-9-17(10-8-16)18-11-12-19(21(25)15-18)20-13-14-22(28-2)24(27)23(20)26/h11-17H,3-10H2,1-2H3. The third-order valence-corrected chi connectivity index (χ3v) is 6.08. The second kappa shape index (κ2) is 9.49. The molecule has 0 amide bonds. The van der Waals surface area contributed by atoms with E-state index in [4.69, 9.17) is 4.74 Å². The molecule has 0 aliphatic heterocycles. The van der Waals surface area contributed by atoms with Gasteiger partial charge >= 0.3 is 0 Å². The Labute approximate surface area is 165 Å². The molecule has 0 saturated heterocycles. The van der Waals surface area contributed by atoms with Crippen molar-refractivity contribution in [3.63, 3.8) is 0 Å². The van der Waals surface area contributed by atoms with Crippen LogP contribution in [0.25, 0.3) is 11.1 Å². The molecule has 0 heterocycles. The van der Waals surface area contributed by atoms with E-state index in [1.54, 1.807) is 6.07 Å². The highest BCUT2D eigenvalue weighted by Crippen LogP contribution is 2.39. The van der Waals surface area contributed by atoms with Gasteiger partial charge in [0.05, 0.1) is 7.11 Å². The zero-order chi connectivity index (χ0) is 20.1. The highest BCUT2D eigenvalue weighted by molar-refractivity contribution is 5.66. The Hall–Kier alpha value is -1.97. The fourth-order valence-corrected chi connectivity index (χ4v) is 4.37. The summed E-state index contributed by atoms with van der Waals surface area (Å²) < 4.78 is 47.8. The summed E-state index contributed by atoms with van der Waals surface area (Å²) in [5.74, 6) is -1.73. The first-order valence-electron chi connectivity index (χ1n) is 10.4. The van der Waals surface area contributed by atoms with Crippen LogP contribution in [0.3, 0.4) is 0 Å². The molecule has 2 aromatic rings. The van der Waals surface area contributed by atoms with Crippen molar-refractivity contribution < 1.29 is 17.9 Å². The van der Waals surface area contributed by atoms with Crippen molar-refractivity contribution in [1.29, 1.82) is 0 Å². The van der Waals surface area contributed by atoms with Crippen LogP contribution in [0.5, 0.6) is 5.75 Å². The minimum absolute atomic E-state index is 0.0797. The van der Waals surface area contributed by atoms with Gasteiger partial charge in [-0.05, 0) is 61.3 Å². The number of benzene rings is 2. The van der Waals surface area contributed by atoms with Gasteiger partial charge in [0.2, 0.25) is 5.82 Å². The van der Waals surface area contributed by atoms with Crippen LogP contribution in [0.15, 0.2) is 30.3 Å². The second-order valence-electron chi connectivity index (χ2n) is 7.90. The maximum Gasteiger partial charge on any atom is 0.201 e. The zero-order valence-corrected chi connectivity index (χ0v) is 16.7. The summed E-state index contributed by atoms with van der Waals surface area (Å²) in [6, 6.07) is 7.61. The van der Waals surface area contributed by atoms with Gasteiger partial charge in [-0.25, -0.2) is 8.78 Å². The van der Waals surface area contributed by atoms with Gasteiger partial charge in [-0.1, -0.05) is 44.7 Å². The van der Waals surface area contributed by atoms with E-state index in [1.807, 2.05) is 6.07 Å². The lowest BCUT2D eigenvalue weighted by atomic mass is 9.77. The van der Waals surface area contributed by atoms with Crippen LogP contribution in [-0.4, -0.2) is 7.11 Å². The number of halogens is 3. The molecule has 1 fully saturated rings. The van der Waals surface area contributed by atoms with Crippen molar-refractivity contribution in [2.75, 3.05) is 7.11 Å². The van der Waals surface area contributed by atoms with E-state index in [1.165, 1.54) is 63.8 Å². The lowest BCUT2D eigenvalue weighted by Gasteiger charge is -2.29. The van der Waals surface area contributed by atoms with Gasteiger partial charge in [-0.3, -0.25) is 0 Å². The van der Waals surface area contributed by atoms with Crippen LogP contribution in [-0.2, 0) is 0 Å². The van der Waals surface area contributed by atoms with Gasteiger partial charge in [0.1, 0.15) is 5.82 Å². The molecule has 3 rings (SSSR count). The smallest absolute Gasteiger partial charge is 0.201 e. The van der Waals surface area contributed by atoms with Gasteiger partial charge in [0, 0.05) is 11.1 Å². The summed E-state index contributed by atoms with van der Waals surface area (Å²) in [5.41, 5.74) is 0.959. The van der Waals surface area contributed by atoms with Gasteiger partial charge in [0.25, 0.3) is 0 Å². The van der Waals surface area contributed by atoms with Crippen LogP contribution in [0.2, 0.25) is 0 Å². The number of rotatable bonds is 7. The number of methoxy groups -OCH3 is 1. The summed E-state index contributed by atoms with van der Waals surface area (Å²) in [6.07, 6.45) is 9.68. The maximum absolute atomic E-state index is 14.7. The lowest BCUT2D eigenvalue weighted by Crippen LogP contribution is -2.13. The monoisotopic (exact) mass is 390 g/mol. The van der Waals surface area contributed by atoms with Crippen molar-refractivity contribution in [1.82, 2.24) is 0 Å². The van der Waals surface area contributed by atoms with Crippen LogP contribution in [0, 0.1) is 23.4 Å². The van der Waals surface area contributed by atoms with Crippen LogP contribution >= 0.6 is 0 Å². The van der Waals surface area contributed by atoms with Crippen molar-refractivity contribution in [2.45, 2.75) is 64.2 Å². The first-order chi connectivity index (χ1) is 13.5. The van der Waals surface area contributed by atoms with E-state index in [-0.39, 0.29) is 16.9 Å². The Morgan fingerprint density at radius 2 is 1.61 bits per heavy atom. The fraction of sp³-hybridized carbons (Fsp3) is 0.500. The molecule has 152 valence electrons. The fourth-order valence-electron chi connectivity index (χ4n) is 4.37. The van der Waals surface area contributed by atoms with Crippen LogP contribution in [0.4, 0.5) is 13.2 Å². The first kappa shape index (κ1) is 20.8. The summed E-state index contributed by atoms with van der Waals surface area (Å²) >= 11 is 0. The molecule has 1 aliphatic carbocycles. The van der Waals surface area contributed by atoms with Crippen molar-refractivity contribution in [2.24, 2.45) is 5.92 Å². The molecule has 0 aromatic heterocycles. The predicted molar refractivity (Wildman–Crippen MR) is 107 cm³/mol. The van der Waals surface area contributed by atoms with Crippen LogP contribution < -0.4 is 4.74 Å². The quantitative estimate of drug-likeness (QED) is 0.442. The molecule has 1 aliphatic rings. The van der Waals surface area contributed by atoms with E-state index in [2.05, 4.69) is 6.92 Å². The SMILES string of the molecule is CCCCCC1CCC(c2ccc(-c3ccc(OC)c(F)c3F)c(F)c2)CC1. The van der Waals surface area contributed by atoms with Gasteiger partial charge in [-0.15, -0.1) is 0 Å². The normalized spacial score (nSPS) is 19.6. The molecular formula is C24H29F3O. The number of hydrogen-bond acceptors (Lipinski definition) is 1. The number of hydrogen-bond donors (Lipinski definition) is 0. The van der Waals surface area contributed by atoms with Gasteiger partial charge < -0.3 is 4.74 Å². The topological polar surface area (TPSA) is 9.23 Å². The molecule has 4 heteroatoms. The molecule has 2 aromatic carbocycles. The molecule has 0 atom stereocenters. The van der Waals surface area contributed by atoms with E-state index in [0.717, 1.165) is 24.3 Å². The lowest BCUT2D eigenvalue weighted by molar-refractivity contribution is 0.302. The summed E-state index contributed by atoms with van der Waals surface area (Å²) in [4.78, 5) is 0. The Morgan fingerprint density at radius 1 is 0.893 bits per heavy atom. The summed E-state index contributed by atoms with van der Waals surface area (Å²) in [5, 5.41) is 0. The third-order valence-electron chi connectivity index (χ3n) is 6.08. The highest BCUT2D eigenvalue weighted by Gasteiger charge is 2.24. The average Bonchev–Trinajstić information content (AvgIpc) is 2.71. The van der Waals surface area contributed by atoms with E-state index < -0.39 is 17.5 Å². The highest BCUT2D eigenvalue weighted by atomic mass is 19.2. The minimum Gasteiger partial charge on any atom is -0.494 e. The summed E-state index contributed by atoms with van der Waals surface area (Å²) in [7, 11) is 1.27. The molecule has 28 heavy (non-hydrogen) atoms. The predicted octanol–water partition coefficient (Wildman–Crippen LogP) is 7.63. The number of ether oxygens (including phenoxy) is 1. The number of unbranched alkanes of at least 4 members (excludes halogenated alkanes) is 2. The second-order valence-corrected chi connectivity index (χ2v) is 7.90. The van der Waals surface area contributed by atoms with Crippen LogP contribution in [0.1, 0.15) is 69.8 Å². The van der Waals surface area contributed by atoms with Crippen molar-refractivity contribution >= 4 is 0 Å². The van der Waals surface area contributed by atoms with Crippen molar-refractivity contribution in [3.05, 3.63) is 53.3 Å². The molecule has 1 nitrogen and oxygen atoms in total. The molecular weight excluding hydrogens is 361 g/mol. The Morgan fingerprint density at radius 3 is 2.25 bits per heavy atom. The Kier molecular flexibility index (Phi) is 7.03. The molecule has 1 saturated carbocycles. The molecule has 0 unspecified atom stereocenters. The molecule has 0 radical (unpaired) electrons. The van der Waals surface area contributed by atoms with E-state index >= 15 is 0 Å². The average molecular weight is 390 g/mol. The first-order valence-corrected chi connectivity index (χ1v) is 10.4. The molecule has 0 bridgehead atoms. The van der Waals surface area contributed by atoms with Gasteiger partial charge in [0.15, 0.2) is 11.6 Å². The molecule has 0 spiro atoms.